The summed E-state index contributed by atoms with van der Waals surface area (Å²) in [5.41, 5.74) is -0.240. The first-order valence-electron chi connectivity index (χ1n) is 20.4. The van der Waals surface area contributed by atoms with E-state index in [-0.39, 0.29) is 34.9 Å². The van der Waals surface area contributed by atoms with E-state index in [1.165, 1.54) is 0 Å². The third-order valence-electron chi connectivity index (χ3n) is 16.3. The van der Waals surface area contributed by atoms with Crippen molar-refractivity contribution in [1.82, 2.24) is 0 Å². The van der Waals surface area contributed by atoms with Gasteiger partial charge < -0.3 is 69.3 Å². The lowest BCUT2D eigenvalue weighted by molar-refractivity contribution is -0.373. The van der Waals surface area contributed by atoms with Crippen LogP contribution in [-0.4, -0.2) is 146 Å². The molecule has 23 atom stereocenters. The van der Waals surface area contributed by atoms with Gasteiger partial charge in [-0.2, -0.15) is 0 Å². The fourth-order valence-corrected chi connectivity index (χ4v) is 13.1. The van der Waals surface area contributed by atoms with Crippen LogP contribution in [0.2, 0.25) is 0 Å². The van der Waals surface area contributed by atoms with Gasteiger partial charge >= 0.3 is 0 Å². The van der Waals surface area contributed by atoms with Crippen molar-refractivity contribution in [2.45, 2.75) is 171 Å². The van der Waals surface area contributed by atoms with E-state index in [2.05, 4.69) is 27.7 Å². The Hall–Kier alpha value is -0.560. The lowest BCUT2D eigenvalue weighted by Gasteiger charge is -2.62. The lowest BCUT2D eigenvalue weighted by Crippen LogP contribution is -2.65. The van der Waals surface area contributed by atoms with E-state index >= 15 is 0 Å². The number of ether oxygens (including phenoxy) is 6. The molecule has 4 saturated heterocycles. The van der Waals surface area contributed by atoms with E-state index in [9.17, 15) is 40.9 Å². The Bertz CT molecular complexity index is 1300. The van der Waals surface area contributed by atoms with E-state index < -0.39 is 86.5 Å². The largest absolute Gasteiger partial charge is 0.394 e. The van der Waals surface area contributed by atoms with Crippen LogP contribution in [-0.2, 0) is 28.4 Å². The van der Waals surface area contributed by atoms with Crippen molar-refractivity contribution in [3.63, 3.8) is 0 Å². The minimum atomic E-state index is -1.73. The Morgan fingerprint density at radius 1 is 0.698 bits per heavy atom. The van der Waals surface area contributed by atoms with E-state index in [0.29, 0.717) is 36.0 Å². The summed E-state index contributed by atoms with van der Waals surface area (Å²) in [7, 11) is 0. The van der Waals surface area contributed by atoms with Crippen LogP contribution in [0.5, 0.6) is 0 Å². The molecule has 4 aliphatic carbocycles. The molecule has 0 bridgehead atoms. The van der Waals surface area contributed by atoms with Gasteiger partial charge in [-0.25, -0.2) is 0 Å². The molecule has 1 spiro atoms. The van der Waals surface area contributed by atoms with Gasteiger partial charge in [0.1, 0.15) is 48.8 Å². The van der Waals surface area contributed by atoms with Gasteiger partial charge in [0.05, 0.1) is 38.1 Å². The lowest BCUT2D eigenvalue weighted by atomic mass is 9.43. The number of rotatable bonds is 6. The zero-order valence-corrected chi connectivity index (χ0v) is 31.6. The third-order valence-corrected chi connectivity index (χ3v) is 16.3. The van der Waals surface area contributed by atoms with Gasteiger partial charge in [-0.05, 0) is 86.4 Å². The summed E-state index contributed by atoms with van der Waals surface area (Å²) in [6, 6.07) is 0. The molecule has 0 unspecified atom stereocenters. The summed E-state index contributed by atoms with van der Waals surface area (Å²) in [4.78, 5) is 0. The second-order valence-electron chi connectivity index (χ2n) is 18.8. The van der Waals surface area contributed by atoms with Crippen molar-refractivity contribution < 1.29 is 69.3 Å². The van der Waals surface area contributed by atoms with Gasteiger partial charge in [-0.1, -0.05) is 27.7 Å². The molecule has 8 aliphatic rings. The highest BCUT2D eigenvalue weighted by Gasteiger charge is 2.71. The summed E-state index contributed by atoms with van der Waals surface area (Å²) in [6.45, 7) is 8.75. The van der Waals surface area contributed by atoms with Crippen molar-refractivity contribution in [1.29, 1.82) is 0 Å². The Balaban J connectivity index is 0.957. The smallest absolute Gasteiger partial charge is 0.187 e. The zero-order valence-electron chi connectivity index (χ0n) is 31.6. The highest BCUT2D eigenvalue weighted by atomic mass is 16.8. The maximum absolute atomic E-state index is 12.2. The van der Waals surface area contributed by atoms with E-state index in [1.807, 2.05) is 0 Å². The number of hydrogen-bond acceptors (Lipinski definition) is 14. The van der Waals surface area contributed by atoms with Gasteiger partial charge in [0.15, 0.2) is 18.4 Å². The predicted octanol–water partition coefficient (Wildman–Crippen LogP) is 0.413. The third kappa shape index (κ3) is 6.11. The molecule has 4 heterocycles. The molecule has 0 radical (unpaired) electrons. The van der Waals surface area contributed by atoms with Gasteiger partial charge in [0.25, 0.3) is 0 Å². The minimum absolute atomic E-state index is 0.0118. The van der Waals surface area contributed by atoms with Crippen molar-refractivity contribution in [3.05, 3.63) is 0 Å². The molecule has 8 rings (SSSR count). The summed E-state index contributed by atoms with van der Waals surface area (Å²) >= 11 is 0. The molecule has 4 aliphatic heterocycles. The van der Waals surface area contributed by atoms with Crippen LogP contribution in [0.4, 0.5) is 0 Å². The summed E-state index contributed by atoms with van der Waals surface area (Å²) in [5, 5.41) is 84.9. The van der Waals surface area contributed by atoms with Crippen LogP contribution >= 0.6 is 0 Å². The summed E-state index contributed by atoms with van der Waals surface area (Å²) in [6.07, 6.45) is -7.33. The molecule has 4 saturated carbocycles. The minimum Gasteiger partial charge on any atom is -0.394 e. The standard InChI is InChI=1S/C39H64O14/c1-17-7-10-39(48-16-17)18(2)28-24(53-39)12-23-21-6-5-19-11-20(8-9-37(19,3)22(21)13-27(42)38(23,28)4)49-36-34(32(46)30(44)26(15-41)51-36)52-35-33(47)31(45)29(43)25(14-40)50-35/h17-36,40-47H,5-16H2,1-4H3/t17-,18+,19-,20+,21-,22+,23+,24+,25-,26-,27-,28+,29-,30-,31+,32+,33-,34-,35+,36-,37+,38-,39-/m1/s1. The predicted molar refractivity (Wildman–Crippen MR) is 184 cm³/mol. The zero-order chi connectivity index (χ0) is 37.8. The highest BCUT2D eigenvalue weighted by Crippen LogP contribution is 2.71. The van der Waals surface area contributed by atoms with E-state index in [4.69, 9.17) is 28.4 Å². The summed E-state index contributed by atoms with van der Waals surface area (Å²) in [5.74, 6) is 2.03. The molecular weight excluding hydrogens is 692 g/mol. The Kier molecular flexibility index (Phi) is 10.6. The Labute approximate surface area is 312 Å². The first kappa shape index (κ1) is 39.3. The number of fused-ring (bicyclic) bond motifs is 7. The van der Waals surface area contributed by atoms with Crippen LogP contribution in [0, 0.1) is 52.3 Å². The van der Waals surface area contributed by atoms with Crippen LogP contribution in [0.3, 0.4) is 0 Å². The summed E-state index contributed by atoms with van der Waals surface area (Å²) < 4.78 is 37.3. The molecule has 0 amide bonds. The average molecular weight is 757 g/mol. The highest BCUT2D eigenvalue weighted by molar-refractivity contribution is 5.18. The topological polar surface area (TPSA) is 217 Å². The van der Waals surface area contributed by atoms with Gasteiger partial charge in [-0.3, -0.25) is 0 Å². The fourth-order valence-electron chi connectivity index (χ4n) is 13.1. The Morgan fingerprint density at radius 3 is 2.08 bits per heavy atom. The maximum Gasteiger partial charge on any atom is 0.187 e. The first-order valence-corrected chi connectivity index (χ1v) is 20.4. The quantitative estimate of drug-likeness (QED) is 0.173. The molecule has 8 N–H and O–H groups in total. The monoisotopic (exact) mass is 756 g/mol. The molecular formula is C39H64O14. The normalized spacial score (nSPS) is 59.5. The van der Waals surface area contributed by atoms with Crippen molar-refractivity contribution in [2.24, 2.45) is 52.3 Å². The molecule has 14 heteroatoms. The number of hydrogen-bond donors (Lipinski definition) is 8. The SMILES string of the molecule is C[C@@H]1CC[C@@]2(OC1)O[C@H]1C[C@H]3[C@@H]4CC[C@@H]5C[C@@H](O[C@@H]6O[C@H](CO)[C@@H](O)[C@H](O)[C@H]6O[C@@H]6O[C@H](CO)[C@@H](O)[C@H](O)[C@H]6O)CC[C@]5(C)[C@H]4C[C@@H](O)[C@]3(C)[C@H]1[C@@H]2C. The molecule has 0 aromatic carbocycles. The van der Waals surface area contributed by atoms with Crippen LogP contribution in [0.15, 0.2) is 0 Å². The van der Waals surface area contributed by atoms with Gasteiger partial charge in [0, 0.05) is 23.7 Å². The maximum atomic E-state index is 12.2. The molecule has 304 valence electrons. The average Bonchev–Trinajstić information content (AvgIpc) is 3.59. The number of aliphatic hydroxyl groups excluding tert-OH is 8. The Morgan fingerprint density at radius 2 is 1.40 bits per heavy atom. The molecule has 8 fully saturated rings. The van der Waals surface area contributed by atoms with E-state index in [1.54, 1.807) is 0 Å². The number of aliphatic hydroxyl groups is 8. The van der Waals surface area contributed by atoms with Gasteiger partial charge in [0.2, 0.25) is 0 Å². The molecule has 0 aromatic heterocycles. The second kappa shape index (κ2) is 14.4. The van der Waals surface area contributed by atoms with Crippen molar-refractivity contribution in [2.75, 3.05) is 19.8 Å². The van der Waals surface area contributed by atoms with Crippen LogP contribution < -0.4 is 0 Å². The van der Waals surface area contributed by atoms with Crippen LogP contribution in [0.1, 0.15) is 85.5 Å². The fraction of sp³-hybridized carbons (Fsp3) is 1.00. The van der Waals surface area contributed by atoms with Crippen LogP contribution in [0.25, 0.3) is 0 Å². The van der Waals surface area contributed by atoms with Gasteiger partial charge in [-0.15, -0.1) is 0 Å². The second-order valence-corrected chi connectivity index (χ2v) is 18.8. The molecule has 0 aromatic rings. The molecule has 14 nitrogen and oxygen atoms in total. The van der Waals surface area contributed by atoms with Crippen molar-refractivity contribution in [3.8, 4) is 0 Å². The molecule has 53 heavy (non-hydrogen) atoms. The van der Waals surface area contributed by atoms with E-state index in [0.717, 1.165) is 58.0 Å². The van der Waals surface area contributed by atoms with Crippen molar-refractivity contribution >= 4 is 0 Å². The first-order chi connectivity index (χ1) is 25.2.